The van der Waals surface area contributed by atoms with Gasteiger partial charge in [0.1, 0.15) is 0 Å². The lowest BCUT2D eigenvalue weighted by atomic mass is 10.1. The number of hydrogen-bond acceptors (Lipinski definition) is 2. The monoisotopic (exact) mass is 201 g/mol. The zero-order valence-electron chi connectivity index (χ0n) is 9.10. The van der Waals surface area contributed by atoms with Gasteiger partial charge in [-0.05, 0) is 19.9 Å². The Morgan fingerprint density at radius 2 is 2.00 bits per heavy atom. The summed E-state index contributed by atoms with van der Waals surface area (Å²) in [6.07, 6.45) is 2.07. The number of rotatable bonds is 3. The Labute approximate surface area is 89.9 Å². The van der Waals surface area contributed by atoms with Crippen LogP contribution in [0.25, 0.3) is 10.9 Å². The van der Waals surface area contributed by atoms with Crippen LogP contribution in [0.2, 0.25) is 0 Å². The molecule has 78 valence electrons. The van der Waals surface area contributed by atoms with E-state index < -0.39 is 0 Å². The third-order valence-corrected chi connectivity index (χ3v) is 2.29. The highest BCUT2D eigenvalue weighted by molar-refractivity contribution is 5.81. The van der Waals surface area contributed by atoms with Gasteiger partial charge in [0.2, 0.25) is 0 Å². The first-order chi connectivity index (χ1) is 7.27. The van der Waals surface area contributed by atoms with Gasteiger partial charge in [0, 0.05) is 17.1 Å². The van der Waals surface area contributed by atoms with Crippen molar-refractivity contribution in [2.24, 2.45) is 0 Å². The van der Waals surface area contributed by atoms with Crippen molar-refractivity contribution in [2.75, 3.05) is 0 Å². The number of para-hydroxylation sites is 1. The predicted molar refractivity (Wildman–Crippen MR) is 61.7 cm³/mol. The zero-order chi connectivity index (χ0) is 10.7. The molecule has 2 heteroatoms. The summed E-state index contributed by atoms with van der Waals surface area (Å²) >= 11 is 0. The summed E-state index contributed by atoms with van der Waals surface area (Å²) in [5, 5.41) is 1.17. The molecular formula is C13H15NO. The smallest absolute Gasteiger partial charge is 0.0757 e. The van der Waals surface area contributed by atoms with E-state index in [1.165, 1.54) is 5.39 Å². The Morgan fingerprint density at radius 3 is 2.80 bits per heavy atom. The molecule has 1 heterocycles. The third kappa shape index (κ3) is 2.34. The molecule has 0 atom stereocenters. The van der Waals surface area contributed by atoms with Gasteiger partial charge in [-0.1, -0.05) is 24.3 Å². The molecule has 1 aromatic carbocycles. The minimum absolute atomic E-state index is 0.254. The van der Waals surface area contributed by atoms with E-state index >= 15 is 0 Å². The molecule has 2 aromatic rings. The summed E-state index contributed by atoms with van der Waals surface area (Å²) < 4.78 is 5.60. The molecular weight excluding hydrogens is 186 g/mol. The molecule has 2 nitrogen and oxygen atoms in total. The summed E-state index contributed by atoms with van der Waals surface area (Å²) in [4.78, 5) is 4.38. The van der Waals surface area contributed by atoms with Crippen molar-refractivity contribution in [3.8, 4) is 0 Å². The normalized spacial score (nSPS) is 11.1. The first-order valence-corrected chi connectivity index (χ1v) is 5.21. The summed E-state index contributed by atoms with van der Waals surface area (Å²) in [5.41, 5.74) is 2.20. The lowest BCUT2D eigenvalue weighted by Crippen LogP contribution is -2.02. The van der Waals surface area contributed by atoms with Crippen LogP contribution < -0.4 is 0 Å². The van der Waals surface area contributed by atoms with E-state index in [2.05, 4.69) is 23.2 Å². The molecule has 0 unspecified atom stereocenters. The van der Waals surface area contributed by atoms with Crippen LogP contribution in [-0.2, 0) is 11.3 Å². The predicted octanol–water partition coefficient (Wildman–Crippen LogP) is 3.16. The molecule has 0 radical (unpaired) electrons. The maximum atomic E-state index is 5.60. The van der Waals surface area contributed by atoms with Crippen molar-refractivity contribution >= 4 is 10.9 Å². The zero-order valence-corrected chi connectivity index (χ0v) is 9.10. The fourth-order valence-electron chi connectivity index (χ4n) is 1.54. The Kier molecular flexibility index (Phi) is 2.97. The molecule has 15 heavy (non-hydrogen) atoms. The van der Waals surface area contributed by atoms with Crippen LogP contribution in [0.3, 0.4) is 0 Å². The van der Waals surface area contributed by atoms with Crippen molar-refractivity contribution in [1.29, 1.82) is 0 Å². The Bertz CT molecular complexity index is 446. The topological polar surface area (TPSA) is 22.1 Å². The lowest BCUT2D eigenvalue weighted by Gasteiger charge is -2.09. The Morgan fingerprint density at radius 1 is 1.20 bits per heavy atom. The highest BCUT2D eigenvalue weighted by atomic mass is 16.5. The van der Waals surface area contributed by atoms with Crippen LogP contribution in [-0.4, -0.2) is 11.1 Å². The number of fused-ring (bicyclic) bond motifs is 1. The number of hydrogen-bond donors (Lipinski definition) is 0. The van der Waals surface area contributed by atoms with Crippen molar-refractivity contribution in [2.45, 2.75) is 26.6 Å². The van der Waals surface area contributed by atoms with E-state index in [0.29, 0.717) is 6.61 Å². The molecule has 0 N–H and O–H groups in total. The van der Waals surface area contributed by atoms with E-state index in [0.717, 1.165) is 11.1 Å². The van der Waals surface area contributed by atoms with Crippen molar-refractivity contribution in [1.82, 2.24) is 4.98 Å². The minimum atomic E-state index is 0.254. The summed E-state index contributed by atoms with van der Waals surface area (Å²) in [5.74, 6) is 0. The molecule has 2 rings (SSSR count). The first kappa shape index (κ1) is 10.1. The van der Waals surface area contributed by atoms with Gasteiger partial charge in [-0.2, -0.15) is 0 Å². The second-order valence-electron chi connectivity index (χ2n) is 3.85. The molecule has 0 fully saturated rings. The van der Waals surface area contributed by atoms with Gasteiger partial charge in [-0.15, -0.1) is 0 Å². The van der Waals surface area contributed by atoms with Crippen molar-refractivity contribution < 1.29 is 4.74 Å². The highest BCUT2D eigenvalue weighted by Crippen LogP contribution is 2.16. The van der Waals surface area contributed by atoms with Crippen LogP contribution in [0.4, 0.5) is 0 Å². The summed E-state index contributed by atoms with van der Waals surface area (Å²) in [7, 11) is 0. The lowest BCUT2D eigenvalue weighted by molar-refractivity contribution is 0.0663. The fourth-order valence-corrected chi connectivity index (χ4v) is 1.54. The third-order valence-electron chi connectivity index (χ3n) is 2.29. The average molecular weight is 201 g/mol. The van der Waals surface area contributed by atoms with Gasteiger partial charge in [-0.3, -0.25) is 4.98 Å². The molecule has 0 bridgehead atoms. The molecule has 1 aromatic heterocycles. The van der Waals surface area contributed by atoms with Gasteiger partial charge in [0.25, 0.3) is 0 Å². The summed E-state index contributed by atoms with van der Waals surface area (Å²) in [6.45, 7) is 4.71. The minimum Gasteiger partial charge on any atom is -0.374 e. The average Bonchev–Trinajstić information content (AvgIpc) is 2.26. The van der Waals surface area contributed by atoms with Gasteiger partial charge >= 0.3 is 0 Å². The van der Waals surface area contributed by atoms with E-state index in [9.17, 15) is 0 Å². The van der Waals surface area contributed by atoms with E-state index in [1.54, 1.807) is 0 Å². The van der Waals surface area contributed by atoms with Crippen LogP contribution in [0.15, 0.2) is 36.5 Å². The Hall–Kier alpha value is -1.41. The van der Waals surface area contributed by atoms with Gasteiger partial charge in [0.15, 0.2) is 0 Å². The summed E-state index contributed by atoms with van der Waals surface area (Å²) in [6, 6.07) is 10.2. The molecule has 0 aliphatic carbocycles. The van der Waals surface area contributed by atoms with Crippen LogP contribution in [0, 0.1) is 0 Å². The van der Waals surface area contributed by atoms with Gasteiger partial charge in [-0.25, -0.2) is 0 Å². The molecule has 0 aliphatic heterocycles. The second-order valence-corrected chi connectivity index (χ2v) is 3.85. The molecule has 0 saturated heterocycles. The van der Waals surface area contributed by atoms with Crippen molar-refractivity contribution in [3.05, 3.63) is 42.1 Å². The number of pyridine rings is 1. The number of aromatic nitrogens is 1. The first-order valence-electron chi connectivity index (χ1n) is 5.21. The maximum absolute atomic E-state index is 5.60. The van der Waals surface area contributed by atoms with E-state index in [1.807, 2.05) is 32.2 Å². The fraction of sp³-hybridized carbons (Fsp3) is 0.308. The van der Waals surface area contributed by atoms with Gasteiger partial charge in [0.05, 0.1) is 18.2 Å². The second kappa shape index (κ2) is 4.41. The SMILES string of the molecule is CC(C)OCc1cccc2cccnc12. The molecule has 0 amide bonds. The van der Waals surface area contributed by atoms with E-state index in [-0.39, 0.29) is 6.10 Å². The molecule has 0 spiro atoms. The van der Waals surface area contributed by atoms with Crippen LogP contribution in [0.1, 0.15) is 19.4 Å². The number of ether oxygens (including phenoxy) is 1. The maximum Gasteiger partial charge on any atom is 0.0757 e. The highest BCUT2D eigenvalue weighted by Gasteiger charge is 2.02. The van der Waals surface area contributed by atoms with Crippen LogP contribution in [0.5, 0.6) is 0 Å². The van der Waals surface area contributed by atoms with Crippen LogP contribution >= 0.6 is 0 Å². The standard InChI is InChI=1S/C13H15NO/c1-10(2)15-9-12-6-3-5-11-7-4-8-14-13(11)12/h3-8,10H,9H2,1-2H3. The number of nitrogens with zero attached hydrogens (tertiary/aromatic N) is 1. The van der Waals surface area contributed by atoms with E-state index in [4.69, 9.17) is 4.74 Å². The largest absolute Gasteiger partial charge is 0.374 e. The Balaban J connectivity index is 2.34. The number of benzene rings is 1. The van der Waals surface area contributed by atoms with Crippen molar-refractivity contribution in [3.63, 3.8) is 0 Å². The quantitative estimate of drug-likeness (QED) is 0.761. The van der Waals surface area contributed by atoms with Gasteiger partial charge < -0.3 is 4.74 Å². The molecule has 0 saturated carbocycles. The molecule has 0 aliphatic rings.